The Morgan fingerprint density at radius 2 is 1.10 bits per heavy atom. The number of nitrogens with one attached hydrogen (secondary N) is 2. The zero-order valence-corrected chi connectivity index (χ0v) is 41.8. The summed E-state index contributed by atoms with van der Waals surface area (Å²) in [5.74, 6) is -0.759. The van der Waals surface area contributed by atoms with Gasteiger partial charge in [-0.25, -0.2) is 4.79 Å². The Kier molecular flexibility index (Phi) is 38.9. The Labute approximate surface area is 373 Å². The minimum absolute atomic E-state index is 0. The van der Waals surface area contributed by atoms with E-state index in [1.54, 1.807) is 34.6 Å². The van der Waals surface area contributed by atoms with Gasteiger partial charge in [0.05, 0.1) is 33.2 Å². The summed E-state index contributed by atoms with van der Waals surface area (Å²) in [7, 11) is 3.88. The van der Waals surface area contributed by atoms with Gasteiger partial charge in [0.1, 0.15) is 0 Å². The van der Waals surface area contributed by atoms with Crippen molar-refractivity contribution in [2.24, 2.45) is 23.7 Å². The van der Waals surface area contributed by atoms with Gasteiger partial charge in [0.25, 0.3) is 0 Å². The molecule has 0 spiro atoms. The molecule has 4 atom stereocenters. The number of amides is 1. The van der Waals surface area contributed by atoms with E-state index in [2.05, 4.69) is 66.0 Å². The number of hydrogen-bond donors (Lipinski definition) is 2. The van der Waals surface area contributed by atoms with E-state index >= 15 is 0 Å². The van der Waals surface area contributed by atoms with Gasteiger partial charge < -0.3 is 24.8 Å². The molecule has 0 radical (unpaired) electrons. The Hall–Kier alpha value is -3.17. The minimum Gasteiger partial charge on any atom is -0.469 e. The molecule has 2 rings (SSSR count). The molecule has 0 bridgehead atoms. The van der Waals surface area contributed by atoms with Gasteiger partial charge in [-0.05, 0) is 59.9 Å². The Bertz CT molecular complexity index is 1270. The third kappa shape index (κ3) is 35.3. The first-order chi connectivity index (χ1) is 25.1. The molecular weight excluding hydrogens is 831 g/mol. The molecule has 1 unspecified atom stereocenters. The van der Waals surface area contributed by atoms with E-state index in [9.17, 15) is 49.5 Å². The predicted octanol–water partition coefficient (Wildman–Crippen LogP) is 6.54. The summed E-state index contributed by atoms with van der Waals surface area (Å²) in [6.45, 7) is 31.3. The molecule has 21 heteroatoms. The summed E-state index contributed by atoms with van der Waals surface area (Å²) in [5.41, 5.74) is -1.26. The van der Waals surface area contributed by atoms with Gasteiger partial charge in [0.15, 0.2) is 0 Å². The van der Waals surface area contributed by atoms with Gasteiger partial charge in [0.2, 0.25) is 23.0 Å². The molecule has 2 heterocycles. The second kappa shape index (κ2) is 32.6. The smallest absolute Gasteiger partial charge is 0.332 e. The van der Waals surface area contributed by atoms with Crippen molar-refractivity contribution in [3.63, 3.8) is 0 Å². The SMILES string of the molecule is C=C(C)C(=O)OC.CC(C)[N+](=O)[O-].COC(=O)C(C)CC(C)(C)[N+](=O)[O-].COC(=O)[C@@H](C)CC(C)(C)[N+](=O)[O-].C[C@@H]1CNC(C)(C)C1.C[C@H]1CC(C)(C)NC1=O.S.S.S. The molecule has 2 saturated heterocycles. The van der Waals surface area contributed by atoms with Crippen molar-refractivity contribution in [1.82, 2.24) is 10.6 Å². The molecule has 0 aromatic heterocycles. The second-order valence-corrected chi connectivity index (χ2v) is 17.1. The molecule has 2 N–H and O–H groups in total. The largest absolute Gasteiger partial charge is 0.469 e. The molecular formula is C38H79N5O13S3. The summed E-state index contributed by atoms with van der Waals surface area (Å²) in [6, 6.07) is -0.426. The lowest BCUT2D eigenvalue weighted by molar-refractivity contribution is -0.562. The van der Waals surface area contributed by atoms with E-state index in [4.69, 9.17) is 0 Å². The number of methoxy groups -OCH3 is 3. The average molecular weight is 910 g/mol. The first kappa shape index (κ1) is 70.4. The van der Waals surface area contributed by atoms with E-state index in [1.807, 2.05) is 6.92 Å². The number of nitrogens with zero attached hydrogens (tertiary/aromatic N) is 3. The molecule has 2 aliphatic heterocycles. The molecule has 59 heavy (non-hydrogen) atoms. The van der Waals surface area contributed by atoms with E-state index in [-0.39, 0.29) is 91.4 Å². The van der Waals surface area contributed by atoms with Crippen molar-refractivity contribution in [2.45, 2.75) is 158 Å². The van der Waals surface area contributed by atoms with Crippen LogP contribution in [0.5, 0.6) is 0 Å². The van der Waals surface area contributed by atoms with Gasteiger partial charge in [-0.2, -0.15) is 40.5 Å². The van der Waals surface area contributed by atoms with Crippen molar-refractivity contribution >= 4 is 64.3 Å². The fraction of sp³-hybridized carbons (Fsp3) is 0.842. The summed E-state index contributed by atoms with van der Waals surface area (Å²) in [4.78, 5) is 72.5. The van der Waals surface area contributed by atoms with Crippen LogP contribution in [0.15, 0.2) is 12.2 Å². The number of hydrogen-bond acceptors (Lipinski definition) is 14. The van der Waals surface area contributed by atoms with Crippen molar-refractivity contribution in [3.05, 3.63) is 42.5 Å². The van der Waals surface area contributed by atoms with Crippen molar-refractivity contribution < 1.29 is 48.2 Å². The Balaban J connectivity index is -0.000000111. The minimum atomic E-state index is -1.08. The van der Waals surface area contributed by atoms with Crippen LogP contribution < -0.4 is 10.6 Å². The Morgan fingerprint density at radius 3 is 1.20 bits per heavy atom. The third-order valence-electron chi connectivity index (χ3n) is 8.28. The fourth-order valence-corrected chi connectivity index (χ4v) is 5.22. The van der Waals surface area contributed by atoms with Crippen LogP contribution in [0.2, 0.25) is 0 Å². The number of esters is 3. The highest BCUT2D eigenvalue weighted by molar-refractivity contribution is 7.59. The van der Waals surface area contributed by atoms with Crippen LogP contribution in [0.4, 0.5) is 0 Å². The van der Waals surface area contributed by atoms with Crippen molar-refractivity contribution in [2.75, 3.05) is 27.9 Å². The molecule has 18 nitrogen and oxygen atoms in total. The molecule has 2 fully saturated rings. The van der Waals surface area contributed by atoms with Gasteiger partial charge in [-0.1, -0.05) is 34.3 Å². The molecule has 0 aromatic rings. The lowest BCUT2D eigenvalue weighted by Crippen LogP contribution is -2.35. The van der Waals surface area contributed by atoms with Crippen LogP contribution in [-0.2, 0) is 33.4 Å². The van der Waals surface area contributed by atoms with Crippen molar-refractivity contribution in [1.29, 1.82) is 0 Å². The highest BCUT2D eigenvalue weighted by atomic mass is 32.1. The fourth-order valence-electron chi connectivity index (χ4n) is 5.22. The maximum absolute atomic E-state index is 11.0. The number of rotatable bonds is 10. The van der Waals surface area contributed by atoms with Gasteiger partial charge in [0, 0.05) is 91.7 Å². The predicted molar refractivity (Wildman–Crippen MR) is 246 cm³/mol. The van der Waals surface area contributed by atoms with Crippen LogP contribution in [-0.4, -0.2) is 94.7 Å². The third-order valence-corrected chi connectivity index (χ3v) is 8.28. The molecule has 0 saturated carbocycles. The van der Waals surface area contributed by atoms with E-state index in [0.717, 1.165) is 12.3 Å². The molecule has 2 aliphatic rings. The maximum atomic E-state index is 11.0. The van der Waals surface area contributed by atoms with E-state index in [1.165, 1.54) is 62.0 Å². The molecule has 0 aromatic carbocycles. The summed E-state index contributed by atoms with van der Waals surface area (Å²) in [6.07, 6.45) is 2.66. The highest BCUT2D eigenvalue weighted by Crippen LogP contribution is 2.24. The Morgan fingerprint density at radius 1 is 0.763 bits per heavy atom. The number of carbonyl (C=O) groups excluding carboxylic acids is 4. The zero-order valence-electron chi connectivity index (χ0n) is 38.8. The zero-order chi connectivity index (χ0) is 45.6. The lowest BCUT2D eigenvalue weighted by atomic mass is 9.92. The molecule has 0 aliphatic carbocycles. The number of nitro groups is 3. The summed E-state index contributed by atoms with van der Waals surface area (Å²) in [5, 5.41) is 36.9. The standard InChI is InChI=1S/2C8H15NO4.C7H13NO.C7H15N.C5H8O2.C3H7NO2.3H2S/c2*1-6(7(10)13-4)5-8(2,3)9(11)12;1-5-4-7(2,3)8-6(5)9;1-6-4-7(2,3)8-5-6;1-4(2)5(6)7-3;1-3(2)4(5)6;;;/h2*6H,5H2,1-4H3;5H,4H2,1-3H3,(H,8,9);6,8H,4-5H2,1-3H3;1H2,2-3H3;3H,1-2H3;3*1H2/t6-;;5-;6-;;;;;/m0.00...../s1. The number of carbonyl (C=O) groups is 4. The van der Waals surface area contributed by atoms with E-state index in [0.29, 0.717) is 11.1 Å². The van der Waals surface area contributed by atoms with Crippen LogP contribution in [0, 0.1) is 54.0 Å². The van der Waals surface area contributed by atoms with Crippen LogP contribution in [0.1, 0.15) is 130 Å². The lowest BCUT2D eigenvalue weighted by Gasteiger charge is -2.18. The first-order valence-corrected chi connectivity index (χ1v) is 18.4. The highest BCUT2D eigenvalue weighted by Gasteiger charge is 2.36. The quantitative estimate of drug-likeness (QED) is 0.0777. The number of ether oxygens (including phenoxy) is 3. The van der Waals surface area contributed by atoms with Gasteiger partial charge in [-0.3, -0.25) is 44.7 Å². The average Bonchev–Trinajstić information content (AvgIpc) is 3.51. The van der Waals surface area contributed by atoms with Crippen LogP contribution in [0.3, 0.4) is 0 Å². The normalized spacial score (nSPS) is 17.6. The summed E-state index contributed by atoms with van der Waals surface area (Å²) >= 11 is 0. The first-order valence-electron chi connectivity index (χ1n) is 18.4. The molecule has 1 amide bonds. The monoisotopic (exact) mass is 909 g/mol. The van der Waals surface area contributed by atoms with Crippen LogP contribution >= 0.6 is 40.5 Å². The van der Waals surface area contributed by atoms with Crippen LogP contribution in [0.25, 0.3) is 0 Å². The maximum Gasteiger partial charge on any atom is 0.332 e. The second-order valence-electron chi connectivity index (χ2n) is 17.1. The van der Waals surface area contributed by atoms with Crippen molar-refractivity contribution in [3.8, 4) is 0 Å². The summed E-state index contributed by atoms with van der Waals surface area (Å²) < 4.78 is 13.2. The van der Waals surface area contributed by atoms with Gasteiger partial charge >= 0.3 is 17.9 Å². The topological polar surface area (TPSA) is 249 Å². The van der Waals surface area contributed by atoms with Gasteiger partial charge in [-0.15, -0.1) is 0 Å². The molecule has 352 valence electrons. The van der Waals surface area contributed by atoms with E-state index < -0.39 is 40.9 Å².